The van der Waals surface area contributed by atoms with Gasteiger partial charge in [-0.15, -0.1) is 0 Å². The first-order chi connectivity index (χ1) is 23.3. The largest absolute Gasteiger partial charge is 0.465 e. The molecule has 0 aliphatic carbocycles. The molecule has 11 heteroatoms. The number of nitrogens with two attached hydrogens (primary N) is 1. The van der Waals surface area contributed by atoms with Gasteiger partial charge in [-0.2, -0.15) is 0 Å². The van der Waals surface area contributed by atoms with E-state index in [1.165, 1.54) is 96.2 Å². The van der Waals surface area contributed by atoms with Gasteiger partial charge in [0.15, 0.2) is 11.5 Å². The van der Waals surface area contributed by atoms with Crippen molar-refractivity contribution in [3.8, 4) is 0 Å². The third-order valence-electron chi connectivity index (χ3n) is 8.72. The molecule has 0 saturated heterocycles. The first-order valence-electron chi connectivity index (χ1n) is 18.8. The van der Waals surface area contributed by atoms with E-state index in [1.807, 2.05) is 13.8 Å². The summed E-state index contributed by atoms with van der Waals surface area (Å²) in [5.74, 6) is -2.31. The van der Waals surface area contributed by atoms with E-state index in [0.29, 0.717) is 25.8 Å². The average molecular weight is 673 g/mol. The van der Waals surface area contributed by atoms with Crippen LogP contribution in [-0.2, 0) is 23.9 Å². The quantitative estimate of drug-likeness (QED) is 0.0454. The van der Waals surface area contributed by atoms with Crippen LogP contribution in [0.1, 0.15) is 149 Å². The molecule has 1 amide bonds. The first-order valence-corrected chi connectivity index (χ1v) is 18.8. The molecule has 0 fully saturated rings. The molecule has 0 aromatic rings. The maximum absolute atomic E-state index is 12.7. The van der Waals surface area contributed by atoms with Crippen LogP contribution in [0.5, 0.6) is 0 Å². The van der Waals surface area contributed by atoms with Crippen LogP contribution >= 0.6 is 0 Å². The van der Waals surface area contributed by atoms with Crippen LogP contribution in [0.4, 0.5) is 0 Å². The zero-order valence-corrected chi connectivity index (χ0v) is 30.1. The lowest BCUT2D eigenvalue weighted by molar-refractivity contribution is -0.147. The number of unbranched alkanes of at least 4 members (excludes halogenated alkanes) is 16. The highest BCUT2D eigenvalue weighted by Crippen LogP contribution is 2.16. The van der Waals surface area contributed by atoms with Gasteiger partial charge in [0.1, 0.15) is 19.0 Å². The van der Waals surface area contributed by atoms with Crippen molar-refractivity contribution < 1.29 is 23.9 Å². The molecular weight excluding hydrogens is 608 g/mol. The second kappa shape index (κ2) is 25.1. The second-order valence-electron chi connectivity index (χ2n) is 13.5. The number of hydrogen-bond donors (Lipinski definition) is 3. The van der Waals surface area contributed by atoms with Gasteiger partial charge in [0.25, 0.3) is 5.91 Å². The lowest BCUT2D eigenvalue weighted by atomic mass is 10.1. The molecule has 2 heterocycles. The summed E-state index contributed by atoms with van der Waals surface area (Å²) in [6.45, 7) is 6.50. The summed E-state index contributed by atoms with van der Waals surface area (Å²) in [6.07, 6.45) is 28.7. The number of rotatable bonds is 29. The highest BCUT2D eigenvalue weighted by molar-refractivity contribution is 6.69. The summed E-state index contributed by atoms with van der Waals surface area (Å²) < 4.78 is 10.8. The van der Waals surface area contributed by atoms with E-state index >= 15 is 0 Å². The van der Waals surface area contributed by atoms with Crippen LogP contribution in [0.3, 0.4) is 0 Å². The molecular formula is C37H64N6O5. The first kappa shape index (κ1) is 41.3. The Labute approximate surface area is 289 Å². The number of ether oxygens (including phenoxy) is 2. The van der Waals surface area contributed by atoms with Crippen LogP contribution in [0.2, 0.25) is 0 Å². The summed E-state index contributed by atoms with van der Waals surface area (Å²) in [6, 6.07) is -0.644. The number of nitrogens with one attached hydrogen (secondary N) is 2. The van der Waals surface area contributed by atoms with Crippen molar-refractivity contribution in [3.05, 3.63) is 12.2 Å². The number of esters is 2. The highest BCUT2D eigenvalue weighted by atomic mass is 16.5. The van der Waals surface area contributed by atoms with E-state index in [-0.39, 0.29) is 36.6 Å². The second-order valence-corrected chi connectivity index (χ2v) is 13.5. The Morgan fingerprint density at radius 3 is 2.10 bits per heavy atom. The molecule has 0 aromatic heterocycles. The fourth-order valence-corrected chi connectivity index (χ4v) is 5.53. The molecule has 2 aliphatic heterocycles. The highest BCUT2D eigenvalue weighted by Gasteiger charge is 2.41. The van der Waals surface area contributed by atoms with Gasteiger partial charge >= 0.3 is 11.9 Å². The molecule has 272 valence electrons. The Hall–Kier alpha value is -2.92. The molecule has 48 heavy (non-hydrogen) atoms. The number of allylic oxidation sites excluding steroid dienone is 2. The van der Waals surface area contributed by atoms with E-state index in [4.69, 9.17) is 15.2 Å². The van der Waals surface area contributed by atoms with Gasteiger partial charge in [0, 0.05) is 6.42 Å². The summed E-state index contributed by atoms with van der Waals surface area (Å²) in [7, 11) is 0. The number of carbonyl (C=O) groups excluding carboxylic acids is 3. The smallest absolute Gasteiger partial charge is 0.323 e. The lowest BCUT2D eigenvalue weighted by Gasteiger charge is -2.34. The van der Waals surface area contributed by atoms with Crippen molar-refractivity contribution in [1.29, 1.82) is 0 Å². The van der Waals surface area contributed by atoms with Crippen LogP contribution in [0.25, 0.3) is 0 Å². The van der Waals surface area contributed by atoms with Gasteiger partial charge in [-0.3, -0.25) is 19.7 Å². The minimum Gasteiger partial charge on any atom is -0.465 e. The number of nitrogens with zero attached hydrogens (tertiary/aromatic N) is 3. The molecule has 1 unspecified atom stereocenters. The summed E-state index contributed by atoms with van der Waals surface area (Å²) in [5.41, 5.74) is 5.96. The van der Waals surface area contributed by atoms with E-state index in [0.717, 1.165) is 19.3 Å². The molecule has 2 atom stereocenters. The zero-order chi connectivity index (χ0) is 34.9. The molecule has 11 nitrogen and oxygen atoms in total. The Kier molecular flexibility index (Phi) is 21.6. The Bertz CT molecular complexity index is 1070. The third-order valence-corrected chi connectivity index (χ3v) is 8.72. The van der Waals surface area contributed by atoms with Crippen molar-refractivity contribution in [2.24, 2.45) is 26.6 Å². The molecule has 0 radical (unpaired) electrons. The minimum atomic E-state index is -1.34. The van der Waals surface area contributed by atoms with E-state index in [1.54, 1.807) is 0 Å². The molecule has 4 N–H and O–H groups in total. The Morgan fingerprint density at radius 1 is 0.875 bits per heavy atom. The standard InChI is InChI=1S/C37H64N6O5/c1-4-5-6-7-8-9-10-11-12-13-14-15-16-17-18-19-20-21-22-25-31(44)48-28-37(42-34-33(35(45)43-37)39-29-40-34)41-26-23-24-27-47-36(46)32(38)30(2)3/h11-12,29-30,32,41H,4-10,13-28,38H2,1-3H3,(H,43,45)/t32-,37?/m0/s1. The SMILES string of the molecule is CCCCCCCCC=CCCCCCCCCCCCC(=O)OCC1(NCCCCOC(=O)[C@@H](N)C(C)C)N=C2N=CN=C2C(=O)N1. The molecule has 0 bridgehead atoms. The van der Waals surface area contributed by atoms with Crippen LogP contribution in [0.15, 0.2) is 27.1 Å². The molecule has 2 rings (SSSR count). The number of aliphatic imine (C=N–C) groups is 3. The van der Waals surface area contributed by atoms with Gasteiger partial charge in [0.05, 0.1) is 6.61 Å². The van der Waals surface area contributed by atoms with Gasteiger partial charge in [-0.1, -0.05) is 110 Å². The van der Waals surface area contributed by atoms with Crippen LogP contribution in [-0.4, -0.2) is 67.3 Å². The number of amides is 1. The molecule has 0 spiro atoms. The van der Waals surface area contributed by atoms with Crippen molar-refractivity contribution in [2.45, 2.75) is 161 Å². The summed E-state index contributed by atoms with van der Waals surface area (Å²) in [4.78, 5) is 49.8. The zero-order valence-electron chi connectivity index (χ0n) is 30.1. The topological polar surface area (TPSA) is 157 Å². The van der Waals surface area contributed by atoms with Gasteiger partial charge < -0.3 is 20.5 Å². The maximum atomic E-state index is 12.7. The lowest BCUT2D eigenvalue weighted by Crippen LogP contribution is -2.65. The van der Waals surface area contributed by atoms with Crippen LogP contribution < -0.4 is 16.4 Å². The van der Waals surface area contributed by atoms with Gasteiger partial charge in [-0.25, -0.2) is 15.0 Å². The van der Waals surface area contributed by atoms with Crippen molar-refractivity contribution in [2.75, 3.05) is 19.8 Å². The molecule has 0 saturated carbocycles. The molecule has 2 aliphatic rings. The van der Waals surface area contributed by atoms with Crippen molar-refractivity contribution >= 4 is 35.7 Å². The van der Waals surface area contributed by atoms with Gasteiger partial charge in [-0.05, 0) is 57.4 Å². The maximum Gasteiger partial charge on any atom is 0.323 e. The fraction of sp³-hybridized carbons (Fsp3) is 0.784. The number of carbonyl (C=O) groups is 3. The third kappa shape index (κ3) is 17.5. The van der Waals surface area contributed by atoms with Crippen molar-refractivity contribution in [3.63, 3.8) is 0 Å². The average Bonchev–Trinajstić information content (AvgIpc) is 3.55. The predicted molar refractivity (Wildman–Crippen MR) is 194 cm³/mol. The summed E-state index contributed by atoms with van der Waals surface area (Å²) >= 11 is 0. The van der Waals surface area contributed by atoms with Crippen molar-refractivity contribution in [1.82, 2.24) is 10.6 Å². The monoisotopic (exact) mass is 672 g/mol. The van der Waals surface area contributed by atoms with Crippen LogP contribution in [0, 0.1) is 5.92 Å². The number of fused-ring (bicyclic) bond motifs is 1. The minimum absolute atomic E-state index is 0.00411. The molecule has 0 aromatic carbocycles. The van der Waals surface area contributed by atoms with E-state index in [2.05, 4.69) is 44.7 Å². The number of hydrogen-bond acceptors (Lipinski definition) is 10. The Balaban J connectivity index is 1.55. The van der Waals surface area contributed by atoms with E-state index < -0.39 is 23.7 Å². The van der Waals surface area contributed by atoms with Gasteiger partial charge in [0.2, 0.25) is 5.79 Å². The number of amidine groups is 1. The normalized spacial score (nSPS) is 17.7. The fourth-order valence-electron chi connectivity index (χ4n) is 5.53. The van der Waals surface area contributed by atoms with E-state index in [9.17, 15) is 14.4 Å². The Morgan fingerprint density at radius 2 is 1.48 bits per heavy atom. The predicted octanol–water partition coefficient (Wildman–Crippen LogP) is 6.69. The summed E-state index contributed by atoms with van der Waals surface area (Å²) in [5, 5.41) is 5.99.